The first-order valence-corrected chi connectivity index (χ1v) is 6.81. The molecule has 1 unspecified atom stereocenters. The molecule has 98 valence electrons. The topological polar surface area (TPSA) is 42.0 Å². The molecule has 0 radical (unpaired) electrons. The van der Waals surface area contributed by atoms with Crippen LogP contribution in [0.15, 0.2) is 18.3 Å². The van der Waals surface area contributed by atoms with Crippen LogP contribution >= 0.6 is 0 Å². The lowest BCUT2D eigenvalue weighted by atomic mass is 10.3. The minimum absolute atomic E-state index is 0.177. The Morgan fingerprint density at radius 2 is 2.00 bits per heavy atom. The lowest BCUT2D eigenvalue weighted by Gasteiger charge is -2.17. The molecule has 1 aromatic rings. The van der Waals surface area contributed by atoms with Gasteiger partial charge in [0.05, 0.1) is 28.0 Å². The predicted octanol–water partition coefficient (Wildman–Crippen LogP) is 2.80. The standard InChI is InChI=1S/C10H15FN2OS.C2H6/c1-10(2,3)15(14)13-7-9-8(11)5-4-6-12-9;1-2/h4-6,13H,7H2,1-3H3;1-2H3. The SMILES string of the molecule is CC.CC(C)(C)S(=O)NCc1ncccc1F. The zero-order valence-corrected chi connectivity index (χ0v) is 11.9. The molecule has 0 fully saturated rings. The Balaban J connectivity index is 0.00000121. The largest absolute Gasteiger partial charge is 0.257 e. The van der Waals surface area contributed by atoms with E-state index in [0.29, 0.717) is 0 Å². The van der Waals surface area contributed by atoms with Crippen molar-refractivity contribution in [2.24, 2.45) is 0 Å². The van der Waals surface area contributed by atoms with Gasteiger partial charge < -0.3 is 0 Å². The summed E-state index contributed by atoms with van der Waals surface area (Å²) in [6, 6.07) is 2.86. The molecular formula is C12H21FN2OS. The highest BCUT2D eigenvalue weighted by molar-refractivity contribution is 7.84. The van der Waals surface area contributed by atoms with Gasteiger partial charge in [0.25, 0.3) is 0 Å². The molecular weight excluding hydrogens is 239 g/mol. The number of hydrogen-bond acceptors (Lipinski definition) is 2. The first-order chi connectivity index (χ1) is 7.91. The van der Waals surface area contributed by atoms with Gasteiger partial charge in [-0.05, 0) is 32.9 Å². The number of pyridine rings is 1. The fourth-order valence-corrected chi connectivity index (χ4v) is 1.60. The van der Waals surface area contributed by atoms with Crippen molar-refractivity contribution in [1.82, 2.24) is 9.71 Å². The van der Waals surface area contributed by atoms with Crippen LogP contribution in [-0.4, -0.2) is 13.9 Å². The van der Waals surface area contributed by atoms with E-state index in [-0.39, 0.29) is 22.8 Å². The molecule has 5 heteroatoms. The maximum atomic E-state index is 13.1. The highest BCUT2D eigenvalue weighted by Gasteiger charge is 2.19. The van der Waals surface area contributed by atoms with Crippen molar-refractivity contribution in [2.45, 2.75) is 45.9 Å². The Morgan fingerprint density at radius 3 is 2.47 bits per heavy atom. The summed E-state index contributed by atoms with van der Waals surface area (Å²) >= 11 is 0. The van der Waals surface area contributed by atoms with Crippen molar-refractivity contribution in [2.75, 3.05) is 0 Å². The molecule has 1 heterocycles. The third-order valence-corrected chi connectivity index (χ3v) is 3.28. The Morgan fingerprint density at radius 1 is 1.41 bits per heavy atom. The van der Waals surface area contributed by atoms with E-state index in [9.17, 15) is 8.60 Å². The first-order valence-electron chi connectivity index (χ1n) is 5.66. The summed E-state index contributed by atoms with van der Waals surface area (Å²) in [4.78, 5) is 3.86. The van der Waals surface area contributed by atoms with Crippen LogP contribution in [0.4, 0.5) is 4.39 Å². The van der Waals surface area contributed by atoms with Gasteiger partial charge in [0, 0.05) is 6.20 Å². The molecule has 0 amide bonds. The molecule has 1 atom stereocenters. The van der Waals surface area contributed by atoms with Crippen molar-refractivity contribution in [3.8, 4) is 0 Å². The molecule has 1 N–H and O–H groups in total. The van der Waals surface area contributed by atoms with Gasteiger partial charge in [0.2, 0.25) is 0 Å². The summed E-state index contributed by atoms with van der Waals surface area (Å²) in [7, 11) is -1.20. The third kappa shape index (κ3) is 5.89. The smallest absolute Gasteiger partial charge is 0.146 e. The van der Waals surface area contributed by atoms with Crippen molar-refractivity contribution in [3.05, 3.63) is 29.8 Å². The summed E-state index contributed by atoms with van der Waals surface area (Å²) < 4.78 is 27.1. The number of halogens is 1. The van der Waals surface area contributed by atoms with E-state index < -0.39 is 11.0 Å². The molecule has 0 aliphatic rings. The molecule has 1 aromatic heterocycles. The van der Waals surface area contributed by atoms with Crippen LogP contribution in [0.1, 0.15) is 40.3 Å². The number of aromatic nitrogens is 1. The molecule has 0 aliphatic carbocycles. The first kappa shape index (κ1) is 16.2. The van der Waals surface area contributed by atoms with Crippen LogP contribution in [0.2, 0.25) is 0 Å². The summed E-state index contributed by atoms with van der Waals surface area (Å²) in [5.74, 6) is -0.379. The molecule has 0 aliphatic heterocycles. The van der Waals surface area contributed by atoms with E-state index in [1.54, 1.807) is 0 Å². The maximum absolute atomic E-state index is 13.1. The minimum Gasteiger partial charge on any atom is -0.257 e. The monoisotopic (exact) mass is 260 g/mol. The summed E-state index contributed by atoms with van der Waals surface area (Å²) in [5.41, 5.74) is 0.287. The van der Waals surface area contributed by atoms with Gasteiger partial charge in [0.15, 0.2) is 0 Å². The van der Waals surface area contributed by atoms with E-state index >= 15 is 0 Å². The Bertz CT molecular complexity index is 364. The van der Waals surface area contributed by atoms with Gasteiger partial charge in [-0.25, -0.2) is 13.3 Å². The maximum Gasteiger partial charge on any atom is 0.146 e. The van der Waals surface area contributed by atoms with E-state index in [1.165, 1.54) is 18.3 Å². The van der Waals surface area contributed by atoms with Crippen LogP contribution < -0.4 is 4.72 Å². The van der Waals surface area contributed by atoms with E-state index in [0.717, 1.165) is 0 Å². The quantitative estimate of drug-likeness (QED) is 0.908. The number of nitrogens with zero attached hydrogens (tertiary/aromatic N) is 1. The van der Waals surface area contributed by atoms with Gasteiger partial charge in [-0.2, -0.15) is 0 Å². The highest BCUT2D eigenvalue weighted by atomic mass is 32.2. The van der Waals surface area contributed by atoms with Crippen molar-refractivity contribution in [3.63, 3.8) is 0 Å². The van der Waals surface area contributed by atoms with Crippen LogP contribution in [0.25, 0.3) is 0 Å². The average Bonchev–Trinajstić information content (AvgIpc) is 2.29. The summed E-state index contributed by atoms with van der Waals surface area (Å²) in [6.07, 6.45) is 1.51. The van der Waals surface area contributed by atoms with Crippen molar-refractivity contribution >= 4 is 11.0 Å². The van der Waals surface area contributed by atoms with Crippen molar-refractivity contribution in [1.29, 1.82) is 0 Å². The molecule has 0 saturated carbocycles. The second-order valence-electron chi connectivity index (χ2n) is 4.13. The minimum atomic E-state index is -1.20. The molecule has 0 aromatic carbocycles. The Hall–Kier alpha value is -0.810. The van der Waals surface area contributed by atoms with Crippen LogP contribution in [0.3, 0.4) is 0 Å². The zero-order chi connectivity index (χ0) is 13.5. The fraction of sp³-hybridized carbons (Fsp3) is 0.583. The van der Waals surface area contributed by atoms with Gasteiger partial charge in [-0.3, -0.25) is 4.98 Å². The Labute approximate surface area is 105 Å². The molecule has 0 bridgehead atoms. The van der Waals surface area contributed by atoms with Gasteiger partial charge in [-0.15, -0.1) is 0 Å². The number of rotatable bonds is 3. The van der Waals surface area contributed by atoms with Crippen molar-refractivity contribution < 1.29 is 8.60 Å². The van der Waals surface area contributed by atoms with E-state index in [4.69, 9.17) is 0 Å². The average molecular weight is 260 g/mol. The van der Waals surface area contributed by atoms with Gasteiger partial charge in [0.1, 0.15) is 5.82 Å². The Kier molecular flexibility index (Phi) is 7.15. The van der Waals surface area contributed by atoms with E-state index in [1.807, 2.05) is 34.6 Å². The molecule has 1 rings (SSSR count). The number of nitrogens with one attached hydrogen (secondary N) is 1. The van der Waals surface area contributed by atoms with Gasteiger partial charge >= 0.3 is 0 Å². The third-order valence-electron chi connectivity index (χ3n) is 1.76. The van der Waals surface area contributed by atoms with Crippen LogP contribution in [0.5, 0.6) is 0 Å². The normalized spacial score (nSPS) is 12.6. The lowest BCUT2D eigenvalue weighted by molar-refractivity contribution is 0.590. The molecule has 0 spiro atoms. The fourth-order valence-electron chi connectivity index (χ4n) is 0.899. The van der Waals surface area contributed by atoms with E-state index in [2.05, 4.69) is 9.71 Å². The van der Waals surface area contributed by atoms with Crippen LogP contribution in [-0.2, 0) is 17.5 Å². The zero-order valence-electron chi connectivity index (χ0n) is 11.1. The second kappa shape index (κ2) is 7.50. The molecule has 17 heavy (non-hydrogen) atoms. The van der Waals surface area contributed by atoms with Crippen LogP contribution in [0, 0.1) is 5.82 Å². The summed E-state index contributed by atoms with van der Waals surface area (Å²) in [6.45, 7) is 9.73. The lowest BCUT2D eigenvalue weighted by Crippen LogP contribution is -2.33. The summed E-state index contributed by atoms with van der Waals surface area (Å²) in [5, 5.41) is 0. The molecule has 0 saturated heterocycles. The number of hydrogen-bond donors (Lipinski definition) is 1. The highest BCUT2D eigenvalue weighted by Crippen LogP contribution is 2.10. The van der Waals surface area contributed by atoms with Gasteiger partial charge in [-0.1, -0.05) is 13.8 Å². The molecule has 3 nitrogen and oxygen atoms in total. The second-order valence-corrected chi connectivity index (χ2v) is 6.19. The predicted molar refractivity (Wildman–Crippen MR) is 70.3 cm³/mol.